The summed E-state index contributed by atoms with van der Waals surface area (Å²) in [5.41, 5.74) is 5.52. The Bertz CT molecular complexity index is 347. The van der Waals surface area contributed by atoms with Gasteiger partial charge in [0.2, 0.25) is 0 Å². The average molecular weight is 212 g/mol. The van der Waals surface area contributed by atoms with Crippen LogP contribution < -0.4 is 5.73 Å². The first-order chi connectivity index (χ1) is 6.49. The Kier molecular flexibility index (Phi) is 3.29. The molecular formula is C11H14ClNO. The van der Waals surface area contributed by atoms with E-state index >= 15 is 0 Å². The molecule has 1 atom stereocenters. The minimum Gasteiger partial charge on any atom is -0.319 e. The van der Waals surface area contributed by atoms with E-state index in [1.54, 1.807) is 31.2 Å². The smallest absolute Gasteiger partial charge is 0.183 e. The molecule has 76 valence electrons. The summed E-state index contributed by atoms with van der Waals surface area (Å²) in [6.07, 6.45) is 0.594. The number of ketones is 1. The lowest BCUT2D eigenvalue weighted by Crippen LogP contribution is -2.44. The van der Waals surface area contributed by atoms with E-state index in [-0.39, 0.29) is 5.78 Å². The molecule has 0 aliphatic heterocycles. The van der Waals surface area contributed by atoms with Crippen LogP contribution >= 0.6 is 11.6 Å². The molecule has 0 heterocycles. The molecule has 3 heteroatoms. The molecular weight excluding hydrogens is 198 g/mol. The van der Waals surface area contributed by atoms with Gasteiger partial charge in [0.05, 0.1) is 10.6 Å². The first-order valence-electron chi connectivity index (χ1n) is 4.57. The molecule has 0 aliphatic carbocycles. The van der Waals surface area contributed by atoms with Gasteiger partial charge in [0, 0.05) is 5.56 Å². The molecule has 0 radical (unpaired) electrons. The zero-order valence-corrected chi connectivity index (χ0v) is 9.14. The highest BCUT2D eigenvalue weighted by Gasteiger charge is 2.28. The van der Waals surface area contributed by atoms with E-state index in [0.717, 1.165) is 0 Å². The van der Waals surface area contributed by atoms with E-state index in [9.17, 15) is 4.79 Å². The van der Waals surface area contributed by atoms with Crippen LogP contribution in [0.15, 0.2) is 24.3 Å². The summed E-state index contributed by atoms with van der Waals surface area (Å²) in [5, 5.41) is 0.461. The van der Waals surface area contributed by atoms with E-state index in [1.165, 1.54) is 0 Å². The number of halogens is 1. The van der Waals surface area contributed by atoms with Crippen LogP contribution in [0.4, 0.5) is 0 Å². The van der Waals surface area contributed by atoms with Crippen molar-refractivity contribution < 1.29 is 4.79 Å². The second-order valence-electron chi connectivity index (χ2n) is 3.58. The third-order valence-electron chi connectivity index (χ3n) is 2.37. The van der Waals surface area contributed by atoms with Crippen molar-refractivity contribution in [3.05, 3.63) is 34.9 Å². The van der Waals surface area contributed by atoms with E-state index in [1.807, 2.05) is 6.92 Å². The van der Waals surface area contributed by atoms with Gasteiger partial charge in [-0.15, -0.1) is 0 Å². The maximum absolute atomic E-state index is 11.9. The molecule has 0 bridgehead atoms. The van der Waals surface area contributed by atoms with Crippen LogP contribution in [0.2, 0.25) is 5.02 Å². The zero-order valence-electron chi connectivity index (χ0n) is 8.38. The van der Waals surface area contributed by atoms with Crippen LogP contribution in [0, 0.1) is 0 Å². The number of hydrogen-bond acceptors (Lipinski definition) is 2. The predicted molar refractivity (Wildman–Crippen MR) is 58.7 cm³/mol. The fraction of sp³-hybridized carbons (Fsp3) is 0.364. The standard InChI is InChI=1S/C11H14ClNO/c1-3-11(2,13)10(14)8-6-4-5-7-9(8)12/h4-7H,3,13H2,1-2H3. The SMILES string of the molecule is CCC(C)(N)C(=O)c1ccccc1Cl. The number of Topliss-reactive ketones (excluding diaryl/α,β-unsaturated/α-hetero) is 1. The maximum atomic E-state index is 11.9. The second kappa shape index (κ2) is 4.11. The number of benzene rings is 1. The highest BCUT2D eigenvalue weighted by molar-refractivity contribution is 6.34. The van der Waals surface area contributed by atoms with Crippen LogP contribution in [0.25, 0.3) is 0 Å². The van der Waals surface area contributed by atoms with Crippen LogP contribution in [-0.2, 0) is 0 Å². The van der Waals surface area contributed by atoms with E-state index in [0.29, 0.717) is 17.0 Å². The monoisotopic (exact) mass is 211 g/mol. The van der Waals surface area contributed by atoms with Crippen LogP contribution in [0.1, 0.15) is 30.6 Å². The number of hydrogen-bond donors (Lipinski definition) is 1. The van der Waals surface area contributed by atoms with Gasteiger partial charge in [-0.3, -0.25) is 4.79 Å². The molecule has 2 nitrogen and oxygen atoms in total. The minimum atomic E-state index is -0.828. The largest absolute Gasteiger partial charge is 0.319 e. The van der Waals surface area contributed by atoms with Gasteiger partial charge < -0.3 is 5.73 Å². The highest BCUT2D eigenvalue weighted by atomic mass is 35.5. The van der Waals surface area contributed by atoms with Gasteiger partial charge in [-0.2, -0.15) is 0 Å². The fourth-order valence-corrected chi connectivity index (χ4v) is 1.34. The molecule has 0 saturated carbocycles. The fourth-order valence-electron chi connectivity index (χ4n) is 1.11. The Labute approximate surface area is 89.1 Å². The van der Waals surface area contributed by atoms with Crippen molar-refractivity contribution >= 4 is 17.4 Å². The molecule has 14 heavy (non-hydrogen) atoms. The van der Waals surface area contributed by atoms with Gasteiger partial charge >= 0.3 is 0 Å². The van der Waals surface area contributed by atoms with Crippen molar-refractivity contribution in [1.29, 1.82) is 0 Å². The van der Waals surface area contributed by atoms with Crippen LogP contribution in [0.3, 0.4) is 0 Å². The molecule has 0 saturated heterocycles. The Hall–Kier alpha value is -0.860. The van der Waals surface area contributed by atoms with Crippen molar-refractivity contribution in [2.45, 2.75) is 25.8 Å². The lowest BCUT2D eigenvalue weighted by atomic mass is 9.90. The molecule has 0 fully saturated rings. The third-order valence-corrected chi connectivity index (χ3v) is 2.70. The van der Waals surface area contributed by atoms with Gasteiger partial charge in [-0.25, -0.2) is 0 Å². The summed E-state index contributed by atoms with van der Waals surface area (Å²) in [7, 11) is 0. The van der Waals surface area contributed by atoms with Crippen molar-refractivity contribution in [2.75, 3.05) is 0 Å². The number of nitrogens with two attached hydrogens (primary N) is 1. The Morgan fingerprint density at radius 2 is 2.07 bits per heavy atom. The normalized spacial score (nSPS) is 14.9. The number of rotatable bonds is 3. The molecule has 1 aromatic rings. The van der Waals surface area contributed by atoms with Gasteiger partial charge in [-0.05, 0) is 25.5 Å². The summed E-state index contributed by atoms with van der Waals surface area (Å²) in [5.74, 6) is -0.106. The van der Waals surface area contributed by atoms with Crippen molar-refractivity contribution in [3.8, 4) is 0 Å². The summed E-state index contributed by atoms with van der Waals surface area (Å²) < 4.78 is 0. The summed E-state index contributed by atoms with van der Waals surface area (Å²) in [4.78, 5) is 11.9. The molecule has 2 N–H and O–H groups in total. The lowest BCUT2D eigenvalue weighted by molar-refractivity contribution is 0.0898. The van der Waals surface area contributed by atoms with Gasteiger partial charge in [0.25, 0.3) is 0 Å². The third kappa shape index (κ3) is 2.14. The Morgan fingerprint density at radius 3 is 2.57 bits per heavy atom. The highest BCUT2D eigenvalue weighted by Crippen LogP contribution is 2.21. The summed E-state index contributed by atoms with van der Waals surface area (Å²) in [6.45, 7) is 3.60. The predicted octanol–water partition coefficient (Wildman–Crippen LogP) is 2.65. The quantitative estimate of drug-likeness (QED) is 0.782. The van der Waals surface area contributed by atoms with Crippen molar-refractivity contribution in [3.63, 3.8) is 0 Å². The molecule has 1 unspecified atom stereocenters. The number of carbonyl (C=O) groups excluding carboxylic acids is 1. The summed E-state index contributed by atoms with van der Waals surface area (Å²) >= 11 is 5.91. The molecule has 1 aromatic carbocycles. The Balaban J connectivity index is 3.07. The van der Waals surface area contributed by atoms with Gasteiger partial charge in [0.15, 0.2) is 5.78 Å². The zero-order chi connectivity index (χ0) is 10.8. The molecule has 0 amide bonds. The first kappa shape index (κ1) is 11.2. The number of carbonyl (C=O) groups is 1. The van der Waals surface area contributed by atoms with Crippen molar-refractivity contribution in [1.82, 2.24) is 0 Å². The molecule has 0 aromatic heterocycles. The Morgan fingerprint density at radius 1 is 1.50 bits per heavy atom. The second-order valence-corrected chi connectivity index (χ2v) is 3.99. The maximum Gasteiger partial charge on any atom is 0.183 e. The first-order valence-corrected chi connectivity index (χ1v) is 4.95. The summed E-state index contributed by atoms with van der Waals surface area (Å²) in [6, 6.07) is 6.97. The average Bonchev–Trinajstić information content (AvgIpc) is 2.17. The van der Waals surface area contributed by atoms with E-state index < -0.39 is 5.54 Å². The molecule has 0 spiro atoms. The van der Waals surface area contributed by atoms with E-state index in [2.05, 4.69) is 0 Å². The van der Waals surface area contributed by atoms with Gasteiger partial charge in [-0.1, -0.05) is 30.7 Å². The molecule has 1 rings (SSSR count). The topological polar surface area (TPSA) is 43.1 Å². The van der Waals surface area contributed by atoms with Crippen LogP contribution in [-0.4, -0.2) is 11.3 Å². The minimum absolute atomic E-state index is 0.106. The lowest BCUT2D eigenvalue weighted by Gasteiger charge is -2.21. The van der Waals surface area contributed by atoms with Crippen molar-refractivity contribution in [2.24, 2.45) is 5.73 Å². The van der Waals surface area contributed by atoms with E-state index in [4.69, 9.17) is 17.3 Å². The van der Waals surface area contributed by atoms with Crippen LogP contribution in [0.5, 0.6) is 0 Å². The van der Waals surface area contributed by atoms with Gasteiger partial charge in [0.1, 0.15) is 0 Å². The molecule has 0 aliphatic rings.